The van der Waals surface area contributed by atoms with Crippen LogP contribution < -0.4 is 5.32 Å². The molecule has 0 unspecified atom stereocenters. The second-order valence-corrected chi connectivity index (χ2v) is 5.64. The lowest BCUT2D eigenvalue weighted by atomic mass is 10.2. The number of methoxy groups -OCH3 is 1. The van der Waals surface area contributed by atoms with Crippen LogP contribution in [0.4, 0.5) is 10.5 Å². The Balaban J connectivity index is 2.29. The van der Waals surface area contributed by atoms with Crippen LogP contribution in [0.5, 0.6) is 5.75 Å². The highest BCUT2D eigenvalue weighted by atomic mass is 16.6. The molecule has 0 atom stereocenters. The van der Waals surface area contributed by atoms with Crippen molar-refractivity contribution in [1.29, 1.82) is 0 Å². The number of fused-ring (bicyclic) bond motifs is 1. The molecule has 0 aliphatic heterocycles. The number of phenolic OH excluding ortho intramolecular Hbond substituents is 1. The molecule has 1 aromatic heterocycles. The zero-order valence-corrected chi connectivity index (χ0v) is 12.7. The quantitative estimate of drug-likeness (QED) is 0.826. The highest BCUT2D eigenvalue weighted by Crippen LogP contribution is 2.32. The van der Waals surface area contributed by atoms with E-state index in [9.17, 15) is 14.7 Å². The van der Waals surface area contributed by atoms with Crippen LogP contribution in [0.1, 0.15) is 31.3 Å². The Morgan fingerprint density at radius 2 is 1.91 bits per heavy atom. The summed E-state index contributed by atoms with van der Waals surface area (Å²) in [5.41, 5.74) is -0.184. The number of esters is 1. The lowest BCUT2D eigenvalue weighted by Gasteiger charge is -2.19. The van der Waals surface area contributed by atoms with Gasteiger partial charge in [-0.25, -0.2) is 9.59 Å². The summed E-state index contributed by atoms with van der Waals surface area (Å²) in [5, 5.41) is 12.9. The molecule has 7 heteroatoms. The van der Waals surface area contributed by atoms with Gasteiger partial charge in [-0.1, -0.05) is 0 Å². The minimum absolute atomic E-state index is 0.0396. The van der Waals surface area contributed by atoms with E-state index >= 15 is 0 Å². The van der Waals surface area contributed by atoms with Gasteiger partial charge in [-0.2, -0.15) is 0 Å². The first kappa shape index (κ1) is 15.7. The number of carbonyl (C=O) groups excluding carboxylic acids is 2. The predicted molar refractivity (Wildman–Crippen MR) is 79.1 cm³/mol. The van der Waals surface area contributed by atoms with E-state index in [1.165, 1.54) is 19.2 Å². The summed E-state index contributed by atoms with van der Waals surface area (Å²) in [7, 11) is 1.23. The highest BCUT2D eigenvalue weighted by molar-refractivity contribution is 5.97. The molecule has 0 aliphatic rings. The van der Waals surface area contributed by atoms with Crippen LogP contribution in [0.3, 0.4) is 0 Å². The van der Waals surface area contributed by atoms with Crippen molar-refractivity contribution in [2.45, 2.75) is 26.4 Å². The summed E-state index contributed by atoms with van der Waals surface area (Å²) in [5.74, 6) is -0.904. The Hall–Kier alpha value is -2.70. The standard InChI is InChI=1S/C15H17NO6/c1-15(2,3)22-14(19)16-9-5-8-6-11(13(18)20-4)21-12(8)10(17)7-9/h5-7,17H,1-4H3,(H,16,19). The van der Waals surface area contributed by atoms with Crippen molar-refractivity contribution in [3.05, 3.63) is 24.0 Å². The van der Waals surface area contributed by atoms with Crippen molar-refractivity contribution >= 4 is 28.7 Å². The van der Waals surface area contributed by atoms with Crippen LogP contribution in [0.25, 0.3) is 11.0 Å². The molecule has 0 bridgehead atoms. The number of nitrogens with one attached hydrogen (secondary N) is 1. The average molecular weight is 307 g/mol. The zero-order chi connectivity index (χ0) is 16.5. The third kappa shape index (κ3) is 3.49. The molecule has 1 heterocycles. The second kappa shape index (κ2) is 5.59. The zero-order valence-electron chi connectivity index (χ0n) is 12.7. The first-order valence-corrected chi connectivity index (χ1v) is 6.54. The number of rotatable bonds is 2. The molecule has 0 saturated carbocycles. The van der Waals surface area contributed by atoms with E-state index in [0.29, 0.717) is 11.1 Å². The number of ether oxygens (including phenoxy) is 2. The molecule has 0 fully saturated rings. The van der Waals surface area contributed by atoms with Gasteiger partial charge in [-0.05, 0) is 32.9 Å². The van der Waals surface area contributed by atoms with Gasteiger partial charge in [0.2, 0.25) is 5.76 Å². The van der Waals surface area contributed by atoms with Gasteiger partial charge in [0.1, 0.15) is 5.60 Å². The van der Waals surface area contributed by atoms with E-state index in [-0.39, 0.29) is 17.1 Å². The van der Waals surface area contributed by atoms with Gasteiger partial charge < -0.3 is 19.0 Å². The minimum Gasteiger partial charge on any atom is -0.504 e. The lowest BCUT2D eigenvalue weighted by Crippen LogP contribution is -2.27. The number of carbonyl (C=O) groups is 2. The molecular weight excluding hydrogens is 290 g/mol. The van der Waals surface area contributed by atoms with E-state index in [4.69, 9.17) is 9.15 Å². The Morgan fingerprint density at radius 3 is 2.50 bits per heavy atom. The molecule has 1 amide bonds. The van der Waals surface area contributed by atoms with Crippen LogP contribution in [0.2, 0.25) is 0 Å². The number of aromatic hydroxyl groups is 1. The lowest BCUT2D eigenvalue weighted by molar-refractivity contribution is 0.0566. The number of phenols is 1. The van der Waals surface area contributed by atoms with Gasteiger partial charge in [-0.15, -0.1) is 0 Å². The normalized spacial score (nSPS) is 11.3. The largest absolute Gasteiger partial charge is 0.504 e. The Labute approximate surface area is 126 Å². The average Bonchev–Trinajstić information content (AvgIpc) is 2.79. The number of hydrogen-bond donors (Lipinski definition) is 2. The summed E-state index contributed by atoms with van der Waals surface area (Å²) >= 11 is 0. The Bertz CT molecular complexity index is 725. The first-order chi connectivity index (χ1) is 10.2. The van der Waals surface area contributed by atoms with Crippen molar-refractivity contribution in [2.24, 2.45) is 0 Å². The summed E-state index contributed by atoms with van der Waals surface area (Å²) in [6.07, 6.45) is -0.650. The molecule has 0 saturated heterocycles. The third-order valence-corrected chi connectivity index (χ3v) is 2.63. The first-order valence-electron chi connectivity index (χ1n) is 6.54. The van der Waals surface area contributed by atoms with Crippen LogP contribution in [0, 0.1) is 0 Å². The molecule has 22 heavy (non-hydrogen) atoms. The molecule has 0 radical (unpaired) electrons. The molecule has 0 spiro atoms. The minimum atomic E-state index is -0.655. The van der Waals surface area contributed by atoms with E-state index in [1.807, 2.05) is 0 Å². The fourth-order valence-corrected chi connectivity index (χ4v) is 1.83. The second-order valence-electron chi connectivity index (χ2n) is 5.64. The van der Waals surface area contributed by atoms with Gasteiger partial charge in [0.25, 0.3) is 0 Å². The molecule has 1 aromatic carbocycles. The van der Waals surface area contributed by atoms with Crippen molar-refractivity contribution in [3.8, 4) is 5.75 Å². The predicted octanol–water partition coefficient (Wildman–Crippen LogP) is 3.27. The fourth-order valence-electron chi connectivity index (χ4n) is 1.83. The van der Waals surface area contributed by atoms with Crippen LogP contribution >= 0.6 is 0 Å². The Kier molecular flexibility index (Phi) is 3.99. The molecule has 7 nitrogen and oxygen atoms in total. The topological polar surface area (TPSA) is 98.0 Å². The summed E-state index contributed by atoms with van der Waals surface area (Å²) in [6.45, 7) is 5.23. The number of anilines is 1. The van der Waals surface area contributed by atoms with E-state index < -0.39 is 17.7 Å². The molecule has 2 N–H and O–H groups in total. The SMILES string of the molecule is COC(=O)c1cc2cc(NC(=O)OC(C)(C)C)cc(O)c2o1. The maximum atomic E-state index is 11.7. The van der Waals surface area contributed by atoms with Crippen molar-refractivity contribution in [3.63, 3.8) is 0 Å². The van der Waals surface area contributed by atoms with Crippen LogP contribution in [0.15, 0.2) is 22.6 Å². The molecular formula is C15H17NO6. The van der Waals surface area contributed by atoms with Crippen molar-refractivity contribution < 1.29 is 28.6 Å². The van der Waals surface area contributed by atoms with E-state index in [2.05, 4.69) is 10.1 Å². The van der Waals surface area contributed by atoms with Gasteiger partial charge in [0, 0.05) is 17.1 Å². The number of furan rings is 1. The van der Waals surface area contributed by atoms with Gasteiger partial charge >= 0.3 is 12.1 Å². The monoisotopic (exact) mass is 307 g/mol. The van der Waals surface area contributed by atoms with Crippen molar-refractivity contribution in [2.75, 3.05) is 12.4 Å². The van der Waals surface area contributed by atoms with E-state index in [0.717, 1.165) is 0 Å². The molecule has 0 aliphatic carbocycles. The van der Waals surface area contributed by atoms with Crippen molar-refractivity contribution in [1.82, 2.24) is 0 Å². The smallest absolute Gasteiger partial charge is 0.412 e. The van der Waals surface area contributed by atoms with Gasteiger partial charge in [0.05, 0.1) is 7.11 Å². The maximum absolute atomic E-state index is 11.7. The number of amides is 1. The highest BCUT2D eigenvalue weighted by Gasteiger charge is 2.19. The van der Waals surface area contributed by atoms with Gasteiger partial charge in [-0.3, -0.25) is 5.32 Å². The van der Waals surface area contributed by atoms with E-state index in [1.54, 1.807) is 26.8 Å². The number of benzene rings is 1. The van der Waals surface area contributed by atoms with Gasteiger partial charge in [0.15, 0.2) is 11.3 Å². The molecule has 118 valence electrons. The summed E-state index contributed by atoms with van der Waals surface area (Å²) < 4.78 is 14.9. The molecule has 2 aromatic rings. The van der Waals surface area contributed by atoms with Crippen LogP contribution in [-0.4, -0.2) is 29.9 Å². The summed E-state index contributed by atoms with van der Waals surface area (Å²) in [6, 6.07) is 4.27. The Morgan fingerprint density at radius 1 is 1.23 bits per heavy atom. The molecule has 2 rings (SSSR count). The third-order valence-electron chi connectivity index (χ3n) is 2.63. The fraction of sp³-hybridized carbons (Fsp3) is 0.333. The van der Waals surface area contributed by atoms with Crippen LogP contribution in [-0.2, 0) is 9.47 Å². The number of hydrogen-bond acceptors (Lipinski definition) is 6. The maximum Gasteiger partial charge on any atom is 0.412 e. The summed E-state index contributed by atoms with van der Waals surface area (Å²) in [4.78, 5) is 23.1.